The first kappa shape index (κ1) is 14.4. The summed E-state index contributed by atoms with van der Waals surface area (Å²) in [4.78, 5) is 0. The zero-order valence-electron chi connectivity index (χ0n) is 10.6. The van der Waals surface area contributed by atoms with Gasteiger partial charge in [-0.15, -0.1) is 0 Å². The maximum Gasteiger partial charge on any atom is 0.0834 e. The Bertz CT molecular complexity index is 342. The fourth-order valence-corrected chi connectivity index (χ4v) is 2.07. The third-order valence-electron chi connectivity index (χ3n) is 2.77. The summed E-state index contributed by atoms with van der Waals surface area (Å²) in [5, 5.41) is 4.90. The molecule has 2 atom stereocenters. The molecule has 1 rings (SSSR count). The van der Waals surface area contributed by atoms with Gasteiger partial charge < -0.3 is 4.74 Å². The number of aryl methyl sites for hydroxylation is 1. The number of hydrazine groups is 1. The molecule has 1 aromatic heterocycles. The molecule has 1 aromatic rings. The predicted octanol–water partition coefficient (Wildman–Crippen LogP) is 1.88. The molecule has 17 heavy (non-hydrogen) atoms. The lowest BCUT2D eigenvalue weighted by Gasteiger charge is -2.21. The number of rotatable bonds is 7. The SMILES string of the molecule is CCCn1ncc(Cl)c1C(CC(C)OC)NN. The molecule has 0 saturated heterocycles. The van der Waals surface area contributed by atoms with Crippen molar-refractivity contribution >= 4 is 11.6 Å². The first-order valence-corrected chi connectivity index (χ1v) is 6.21. The molecule has 0 saturated carbocycles. The van der Waals surface area contributed by atoms with Crippen molar-refractivity contribution in [3.05, 3.63) is 16.9 Å². The molecule has 6 heteroatoms. The molecule has 0 amide bonds. The third kappa shape index (κ3) is 3.67. The molecular weight excluding hydrogens is 240 g/mol. The van der Waals surface area contributed by atoms with Crippen molar-refractivity contribution in [3.8, 4) is 0 Å². The Morgan fingerprint density at radius 2 is 2.35 bits per heavy atom. The highest BCUT2D eigenvalue weighted by atomic mass is 35.5. The molecule has 1 heterocycles. The standard InChI is InChI=1S/C11H21ClN4O/c1-4-5-16-11(9(12)7-14-16)10(15-13)6-8(2)17-3/h7-8,10,15H,4-6,13H2,1-3H3. The number of methoxy groups -OCH3 is 1. The molecule has 0 fully saturated rings. The first-order chi connectivity index (χ1) is 8.13. The van der Waals surface area contributed by atoms with Crippen LogP contribution >= 0.6 is 11.6 Å². The van der Waals surface area contributed by atoms with Gasteiger partial charge in [-0.1, -0.05) is 18.5 Å². The Balaban J connectivity index is 2.89. The molecule has 5 nitrogen and oxygen atoms in total. The molecule has 0 aliphatic carbocycles. The van der Waals surface area contributed by atoms with E-state index in [1.165, 1.54) is 0 Å². The monoisotopic (exact) mass is 260 g/mol. The normalized spacial score (nSPS) is 14.9. The Morgan fingerprint density at radius 1 is 1.65 bits per heavy atom. The highest BCUT2D eigenvalue weighted by Gasteiger charge is 2.21. The summed E-state index contributed by atoms with van der Waals surface area (Å²) in [6.07, 6.45) is 3.52. The number of nitrogens with one attached hydrogen (secondary N) is 1. The van der Waals surface area contributed by atoms with Crippen molar-refractivity contribution in [1.82, 2.24) is 15.2 Å². The zero-order valence-corrected chi connectivity index (χ0v) is 11.4. The summed E-state index contributed by atoms with van der Waals surface area (Å²) in [6.45, 7) is 4.93. The van der Waals surface area contributed by atoms with Gasteiger partial charge in [-0.05, 0) is 19.8 Å². The molecule has 0 aliphatic rings. The maximum atomic E-state index is 6.16. The van der Waals surface area contributed by atoms with Crippen molar-refractivity contribution in [2.45, 2.75) is 45.4 Å². The van der Waals surface area contributed by atoms with Gasteiger partial charge in [0, 0.05) is 13.7 Å². The summed E-state index contributed by atoms with van der Waals surface area (Å²) >= 11 is 6.16. The fraction of sp³-hybridized carbons (Fsp3) is 0.727. The van der Waals surface area contributed by atoms with Crippen LogP contribution in [0.4, 0.5) is 0 Å². The van der Waals surface area contributed by atoms with Crippen molar-refractivity contribution in [2.24, 2.45) is 5.84 Å². The highest BCUT2D eigenvalue weighted by molar-refractivity contribution is 6.31. The second-order valence-electron chi connectivity index (χ2n) is 4.10. The van der Waals surface area contributed by atoms with E-state index in [-0.39, 0.29) is 12.1 Å². The summed E-state index contributed by atoms with van der Waals surface area (Å²) in [5.74, 6) is 5.60. The van der Waals surface area contributed by atoms with E-state index in [1.54, 1.807) is 13.3 Å². The number of aromatic nitrogens is 2. The van der Waals surface area contributed by atoms with Crippen molar-refractivity contribution in [3.63, 3.8) is 0 Å². The van der Waals surface area contributed by atoms with E-state index in [0.717, 1.165) is 25.1 Å². The second-order valence-corrected chi connectivity index (χ2v) is 4.51. The van der Waals surface area contributed by atoms with Crippen molar-refractivity contribution in [1.29, 1.82) is 0 Å². The van der Waals surface area contributed by atoms with Gasteiger partial charge in [0.05, 0.1) is 29.1 Å². The molecule has 0 radical (unpaired) electrons. The number of halogens is 1. The third-order valence-corrected chi connectivity index (χ3v) is 3.06. The summed E-state index contributed by atoms with van der Waals surface area (Å²) in [6, 6.07) is -0.0495. The van der Waals surface area contributed by atoms with Gasteiger partial charge in [-0.3, -0.25) is 16.0 Å². The number of hydrogen-bond acceptors (Lipinski definition) is 4. The number of ether oxygens (including phenoxy) is 1. The van der Waals surface area contributed by atoms with Gasteiger partial charge in [0.15, 0.2) is 0 Å². The number of nitrogens with two attached hydrogens (primary N) is 1. The van der Waals surface area contributed by atoms with E-state index in [2.05, 4.69) is 17.4 Å². The quantitative estimate of drug-likeness (QED) is 0.580. The highest BCUT2D eigenvalue weighted by Crippen LogP contribution is 2.26. The topological polar surface area (TPSA) is 65.1 Å². The van der Waals surface area contributed by atoms with Crippen LogP contribution in [0.3, 0.4) is 0 Å². The van der Waals surface area contributed by atoms with Crippen LogP contribution in [0.25, 0.3) is 0 Å². The smallest absolute Gasteiger partial charge is 0.0834 e. The lowest BCUT2D eigenvalue weighted by molar-refractivity contribution is 0.0993. The van der Waals surface area contributed by atoms with Crippen molar-refractivity contribution < 1.29 is 4.74 Å². The van der Waals surface area contributed by atoms with Gasteiger partial charge in [-0.2, -0.15) is 5.10 Å². The predicted molar refractivity (Wildman–Crippen MR) is 68.7 cm³/mol. The largest absolute Gasteiger partial charge is 0.382 e. The van der Waals surface area contributed by atoms with Crippen LogP contribution in [0.2, 0.25) is 5.02 Å². The Labute approximate surface area is 107 Å². The van der Waals surface area contributed by atoms with Gasteiger partial charge in [0.2, 0.25) is 0 Å². The molecule has 98 valence electrons. The van der Waals surface area contributed by atoms with Crippen molar-refractivity contribution in [2.75, 3.05) is 7.11 Å². The van der Waals surface area contributed by atoms with Crippen LogP contribution in [0.1, 0.15) is 38.4 Å². The Hall–Kier alpha value is -0.620. The zero-order chi connectivity index (χ0) is 12.8. The molecule has 0 aromatic carbocycles. The van der Waals surface area contributed by atoms with E-state index >= 15 is 0 Å². The summed E-state index contributed by atoms with van der Waals surface area (Å²) in [7, 11) is 1.68. The molecule has 0 bridgehead atoms. The van der Waals surface area contributed by atoms with Gasteiger partial charge in [0.1, 0.15) is 0 Å². The Morgan fingerprint density at radius 3 is 2.88 bits per heavy atom. The summed E-state index contributed by atoms with van der Waals surface area (Å²) in [5.41, 5.74) is 3.71. The van der Waals surface area contributed by atoms with Crippen LogP contribution in [0.15, 0.2) is 6.20 Å². The minimum Gasteiger partial charge on any atom is -0.382 e. The Kier molecular flexibility index (Phi) is 5.91. The molecule has 2 unspecified atom stereocenters. The van der Waals surface area contributed by atoms with Crippen LogP contribution in [0, 0.1) is 0 Å². The molecular formula is C11H21ClN4O. The second kappa shape index (κ2) is 6.96. The lowest BCUT2D eigenvalue weighted by Crippen LogP contribution is -2.32. The van der Waals surface area contributed by atoms with Crippen LogP contribution < -0.4 is 11.3 Å². The van der Waals surface area contributed by atoms with Gasteiger partial charge >= 0.3 is 0 Å². The molecule has 0 spiro atoms. The minimum absolute atomic E-state index is 0.0495. The van der Waals surface area contributed by atoms with E-state index in [1.807, 2.05) is 11.6 Å². The lowest BCUT2D eigenvalue weighted by atomic mass is 10.1. The van der Waals surface area contributed by atoms with Gasteiger partial charge in [-0.25, -0.2) is 0 Å². The average molecular weight is 261 g/mol. The van der Waals surface area contributed by atoms with Gasteiger partial charge in [0.25, 0.3) is 0 Å². The van der Waals surface area contributed by atoms with E-state index in [9.17, 15) is 0 Å². The molecule has 0 aliphatic heterocycles. The average Bonchev–Trinajstić information content (AvgIpc) is 2.68. The number of hydrogen-bond donors (Lipinski definition) is 2. The van der Waals surface area contributed by atoms with Crippen LogP contribution in [0.5, 0.6) is 0 Å². The van der Waals surface area contributed by atoms with E-state index in [4.69, 9.17) is 22.2 Å². The number of nitrogens with zero attached hydrogens (tertiary/aromatic N) is 2. The minimum atomic E-state index is -0.0495. The fourth-order valence-electron chi connectivity index (χ4n) is 1.80. The maximum absolute atomic E-state index is 6.16. The van der Waals surface area contributed by atoms with Crippen LogP contribution in [-0.2, 0) is 11.3 Å². The molecule has 3 N–H and O–H groups in total. The summed E-state index contributed by atoms with van der Waals surface area (Å²) < 4.78 is 7.15. The van der Waals surface area contributed by atoms with E-state index in [0.29, 0.717) is 5.02 Å². The van der Waals surface area contributed by atoms with E-state index < -0.39 is 0 Å². The van der Waals surface area contributed by atoms with Crippen LogP contribution in [-0.4, -0.2) is 23.0 Å². The first-order valence-electron chi connectivity index (χ1n) is 5.84.